The van der Waals surface area contributed by atoms with Crippen LogP contribution in [0.4, 0.5) is 0 Å². The minimum Gasteiger partial charge on any atom is -0.314 e. The van der Waals surface area contributed by atoms with Crippen molar-refractivity contribution in [3.63, 3.8) is 0 Å². The molecule has 1 atom stereocenters. The van der Waals surface area contributed by atoms with Crippen molar-refractivity contribution in [2.24, 2.45) is 0 Å². The van der Waals surface area contributed by atoms with Crippen LogP contribution < -0.4 is 5.32 Å². The maximum atomic E-state index is 3.48. The van der Waals surface area contributed by atoms with E-state index in [9.17, 15) is 0 Å². The van der Waals surface area contributed by atoms with E-state index in [2.05, 4.69) is 74.3 Å². The average Bonchev–Trinajstić information content (AvgIpc) is 2.55. The Labute approximate surface area is 140 Å². The first-order valence-electron chi connectivity index (χ1n) is 8.65. The van der Waals surface area contributed by atoms with Crippen molar-refractivity contribution in [1.82, 2.24) is 10.2 Å². The summed E-state index contributed by atoms with van der Waals surface area (Å²) in [4.78, 5) is 2.62. The molecule has 2 aromatic rings. The third-order valence-corrected chi connectivity index (χ3v) is 5.09. The van der Waals surface area contributed by atoms with E-state index in [1.54, 1.807) is 0 Å². The molecule has 1 aliphatic rings. The van der Waals surface area contributed by atoms with Gasteiger partial charge in [-0.25, -0.2) is 0 Å². The lowest BCUT2D eigenvalue weighted by atomic mass is 9.90. The van der Waals surface area contributed by atoms with Gasteiger partial charge < -0.3 is 5.32 Å². The molecular formula is C21H28N2. The molecule has 0 aliphatic carbocycles. The van der Waals surface area contributed by atoms with Crippen molar-refractivity contribution in [1.29, 1.82) is 0 Å². The van der Waals surface area contributed by atoms with Crippen molar-refractivity contribution in [2.75, 3.05) is 26.2 Å². The average molecular weight is 308 g/mol. The molecule has 0 aromatic heterocycles. The van der Waals surface area contributed by atoms with Gasteiger partial charge in [-0.2, -0.15) is 0 Å². The first kappa shape index (κ1) is 16.2. The highest BCUT2D eigenvalue weighted by atomic mass is 15.2. The van der Waals surface area contributed by atoms with Gasteiger partial charge in [0.25, 0.3) is 0 Å². The molecule has 0 bridgehead atoms. The molecule has 1 unspecified atom stereocenters. The van der Waals surface area contributed by atoms with Gasteiger partial charge in [-0.1, -0.05) is 42.0 Å². The number of piperazine rings is 1. The zero-order chi connectivity index (χ0) is 16.4. The van der Waals surface area contributed by atoms with Crippen LogP contribution in [0.3, 0.4) is 0 Å². The minimum atomic E-state index is 0.358. The molecular weight excluding hydrogens is 280 g/mol. The van der Waals surface area contributed by atoms with Gasteiger partial charge in [0.2, 0.25) is 0 Å². The van der Waals surface area contributed by atoms with Crippen LogP contribution in [0, 0.1) is 27.7 Å². The van der Waals surface area contributed by atoms with Crippen molar-refractivity contribution in [3.8, 4) is 0 Å². The predicted molar refractivity (Wildman–Crippen MR) is 98.1 cm³/mol. The fraction of sp³-hybridized carbons (Fsp3) is 0.429. The molecule has 1 fully saturated rings. The number of nitrogens with zero attached hydrogens (tertiary/aromatic N) is 1. The van der Waals surface area contributed by atoms with Gasteiger partial charge in [-0.3, -0.25) is 4.90 Å². The molecule has 2 nitrogen and oxygen atoms in total. The number of hydrogen-bond acceptors (Lipinski definition) is 2. The van der Waals surface area contributed by atoms with Crippen LogP contribution in [0.5, 0.6) is 0 Å². The molecule has 23 heavy (non-hydrogen) atoms. The quantitative estimate of drug-likeness (QED) is 0.924. The second-order valence-corrected chi connectivity index (χ2v) is 6.89. The predicted octanol–water partition coefficient (Wildman–Crippen LogP) is 3.91. The fourth-order valence-corrected chi connectivity index (χ4v) is 3.55. The lowest BCUT2D eigenvalue weighted by Gasteiger charge is -2.36. The van der Waals surface area contributed by atoms with Gasteiger partial charge in [0, 0.05) is 26.2 Å². The van der Waals surface area contributed by atoms with Gasteiger partial charge in [-0.05, 0) is 55.5 Å². The molecule has 1 saturated heterocycles. The highest BCUT2D eigenvalue weighted by Crippen LogP contribution is 2.32. The van der Waals surface area contributed by atoms with E-state index >= 15 is 0 Å². The first-order valence-corrected chi connectivity index (χ1v) is 8.65. The molecule has 122 valence electrons. The van der Waals surface area contributed by atoms with E-state index in [0.29, 0.717) is 6.04 Å². The Morgan fingerprint density at radius 2 is 1.43 bits per heavy atom. The number of nitrogens with one attached hydrogen (secondary N) is 1. The van der Waals surface area contributed by atoms with Crippen LogP contribution in [-0.2, 0) is 0 Å². The zero-order valence-corrected chi connectivity index (χ0v) is 14.8. The van der Waals surface area contributed by atoms with Crippen LogP contribution in [0.15, 0.2) is 36.4 Å². The van der Waals surface area contributed by atoms with Gasteiger partial charge in [0.1, 0.15) is 0 Å². The Morgan fingerprint density at radius 3 is 2.09 bits per heavy atom. The molecule has 0 saturated carbocycles. The Balaban J connectivity index is 2.07. The van der Waals surface area contributed by atoms with Crippen LogP contribution in [0.2, 0.25) is 0 Å². The van der Waals surface area contributed by atoms with E-state index in [0.717, 1.165) is 26.2 Å². The molecule has 2 aromatic carbocycles. The van der Waals surface area contributed by atoms with Crippen LogP contribution in [0.1, 0.15) is 39.4 Å². The maximum absolute atomic E-state index is 3.48. The number of aryl methyl sites for hydroxylation is 4. The number of benzene rings is 2. The molecule has 3 rings (SSSR count). The normalized spacial score (nSPS) is 17.2. The van der Waals surface area contributed by atoms with Crippen molar-refractivity contribution in [2.45, 2.75) is 33.7 Å². The molecule has 0 amide bonds. The van der Waals surface area contributed by atoms with E-state index in [1.165, 1.54) is 33.4 Å². The van der Waals surface area contributed by atoms with Crippen molar-refractivity contribution >= 4 is 0 Å². The van der Waals surface area contributed by atoms with Gasteiger partial charge in [0.05, 0.1) is 6.04 Å². The third-order valence-electron chi connectivity index (χ3n) is 5.09. The van der Waals surface area contributed by atoms with Crippen molar-refractivity contribution < 1.29 is 0 Å². The van der Waals surface area contributed by atoms with E-state index in [1.807, 2.05) is 0 Å². The summed E-state index contributed by atoms with van der Waals surface area (Å²) in [6, 6.07) is 14.2. The van der Waals surface area contributed by atoms with Crippen LogP contribution >= 0.6 is 0 Å². The molecule has 1 aliphatic heterocycles. The Morgan fingerprint density at radius 1 is 0.826 bits per heavy atom. The smallest absolute Gasteiger partial charge is 0.0605 e. The summed E-state index contributed by atoms with van der Waals surface area (Å²) in [5, 5.41) is 3.48. The number of rotatable bonds is 3. The highest BCUT2D eigenvalue weighted by molar-refractivity contribution is 5.43. The lowest BCUT2D eigenvalue weighted by Crippen LogP contribution is -2.45. The largest absolute Gasteiger partial charge is 0.314 e. The van der Waals surface area contributed by atoms with Crippen molar-refractivity contribution in [3.05, 3.63) is 69.8 Å². The fourth-order valence-electron chi connectivity index (χ4n) is 3.55. The summed E-state index contributed by atoms with van der Waals surface area (Å²) in [5.74, 6) is 0. The third kappa shape index (κ3) is 3.49. The second-order valence-electron chi connectivity index (χ2n) is 6.89. The first-order chi connectivity index (χ1) is 11.1. The van der Waals surface area contributed by atoms with E-state index < -0.39 is 0 Å². The molecule has 2 heteroatoms. The summed E-state index contributed by atoms with van der Waals surface area (Å²) < 4.78 is 0. The van der Waals surface area contributed by atoms with Gasteiger partial charge in [0.15, 0.2) is 0 Å². The monoisotopic (exact) mass is 308 g/mol. The van der Waals surface area contributed by atoms with E-state index in [-0.39, 0.29) is 0 Å². The summed E-state index contributed by atoms with van der Waals surface area (Å²) in [6.45, 7) is 13.2. The topological polar surface area (TPSA) is 15.3 Å². The van der Waals surface area contributed by atoms with Crippen LogP contribution in [0.25, 0.3) is 0 Å². The molecule has 1 heterocycles. The SMILES string of the molecule is Cc1ccc(C(c2cc(C)c(C)cc2C)N2CCNCC2)cc1. The summed E-state index contributed by atoms with van der Waals surface area (Å²) >= 11 is 0. The summed E-state index contributed by atoms with van der Waals surface area (Å²) in [6.07, 6.45) is 0. The minimum absolute atomic E-state index is 0.358. The Kier molecular flexibility index (Phi) is 4.84. The molecule has 0 spiro atoms. The summed E-state index contributed by atoms with van der Waals surface area (Å²) in [5.41, 5.74) is 8.36. The van der Waals surface area contributed by atoms with Gasteiger partial charge in [-0.15, -0.1) is 0 Å². The molecule has 1 N–H and O–H groups in total. The van der Waals surface area contributed by atoms with E-state index in [4.69, 9.17) is 0 Å². The lowest BCUT2D eigenvalue weighted by molar-refractivity contribution is 0.198. The Hall–Kier alpha value is -1.64. The molecule has 0 radical (unpaired) electrons. The standard InChI is InChI=1S/C21H28N2/c1-15-5-7-19(8-6-15)21(23-11-9-22-10-12-23)20-14-17(3)16(2)13-18(20)4/h5-8,13-14,21-22H,9-12H2,1-4H3. The number of hydrogen-bond donors (Lipinski definition) is 1. The maximum Gasteiger partial charge on any atom is 0.0605 e. The van der Waals surface area contributed by atoms with Gasteiger partial charge >= 0.3 is 0 Å². The van der Waals surface area contributed by atoms with Crippen LogP contribution in [-0.4, -0.2) is 31.1 Å². The summed E-state index contributed by atoms with van der Waals surface area (Å²) in [7, 11) is 0. The second kappa shape index (κ2) is 6.86. The zero-order valence-electron chi connectivity index (χ0n) is 14.8. The highest BCUT2D eigenvalue weighted by Gasteiger charge is 2.25. The Bertz CT molecular complexity index is 667.